The molecule has 0 saturated heterocycles. The highest BCUT2D eigenvalue weighted by Gasteiger charge is 2.12. The average Bonchev–Trinajstić information content (AvgIpc) is 2.81. The first kappa shape index (κ1) is 15.1. The summed E-state index contributed by atoms with van der Waals surface area (Å²) >= 11 is 0. The maximum absolute atomic E-state index is 13.5. The molecule has 0 radical (unpaired) electrons. The number of esters is 1. The van der Waals surface area contributed by atoms with Crippen LogP contribution < -0.4 is 5.73 Å². The summed E-state index contributed by atoms with van der Waals surface area (Å²) in [6, 6.07) is 0. The number of hydrogen-bond donors (Lipinski definition) is 1. The van der Waals surface area contributed by atoms with Crippen molar-refractivity contribution in [3.8, 4) is 0 Å². The molecule has 0 saturated carbocycles. The van der Waals surface area contributed by atoms with Crippen LogP contribution >= 0.6 is 0 Å². The van der Waals surface area contributed by atoms with E-state index < -0.39 is 5.95 Å². The van der Waals surface area contributed by atoms with Crippen molar-refractivity contribution in [2.45, 2.75) is 20.6 Å². The predicted molar refractivity (Wildman–Crippen MR) is 71.4 cm³/mol. The van der Waals surface area contributed by atoms with Gasteiger partial charge in [0.2, 0.25) is 11.9 Å². The molecule has 0 aliphatic rings. The van der Waals surface area contributed by atoms with Gasteiger partial charge < -0.3 is 15.2 Å². The Balaban J connectivity index is 1.88. The second-order valence-electron chi connectivity index (χ2n) is 4.62. The number of rotatable bonds is 6. The Morgan fingerprint density at radius 2 is 2.19 bits per heavy atom. The molecule has 0 amide bonds. The van der Waals surface area contributed by atoms with Gasteiger partial charge in [0.15, 0.2) is 11.2 Å². The van der Waals surface area contributed by atoms with Crippen molar-refractivity contribution in [2.24, 2.45) is 5.92 Å². The van der Waals surface area contributed by atoms with Gasteiger partial charge in [-0.05, 0) is 0 Å². The number of nitrogens with zero attached hydrogens (tertiary/aromatic N) is 4. The fraction of sp³-hybridized carbons (Fsp3) is 0.500. The minimum absolute atomic E-state index is 0.0269. The van der Waals surface area contributed by atoms with Crippen LogP contribution in [0, 0.1) is 11.9 Å². The van der Waals surface area contributed by atoms with Gasteiger partial charge in [0.1, 0.15) is 13.3 Å². The van der Waals surface area contributed by atoms with E-state index in [-0.39, 0.29) is 48.9 Å². The lowest BCUT2D eigenvalue weighted by Crippen LogP contribution is -2.16. The molecule has 0 aliphatic carbocycles. The Morgan fingerprint density at radius 1 is 1.43 bits per heavy atom. The first-order valence-corrected chi connectivity index (χ1v) is 6.37. The number of nitrogens with two attached hydrogens (primary N) is 1. The highest BCUT2D eigenvalue weighted by atomic mass is 19.1. The lowest BCUT2D eigenvalue weighted by Gasteiger charge is -2.08. The van der Waals surface area contributed by atoms with Gasteiger partial charge in [0.05, 0.1) is 18.9 Å². The lowest BCUT2D eigenvalue weighted by molar-refractivity contribution is -0.149. The molecule has 0 fully saturated rings. The number of carbonyl (C=O) groups is 1. The van der Waals surface area contributed by atoms with Gasteiger partial charge in [-0.2, -0.15) is 14.4 Å². The van der Waals surface area contributed by atoms with E-state index in [0.717, 1.165) is 0 Å². The number of hydrogen-bond acceptors (Lipinski definition) is 7. The van der Waals surface area contributed by atoms with Crippen LogP contribution in [0.1, 0.15) is 13.8 Å². The van der Waals surface area contributed by atoms with Crippen LogP contribution in [0.25, 0.3) is 11.2 Å². The molecule has 21 heavy (non-hydrogen) atoms. The Morgan fingerprint density at radius 3 is 2.90 bits per heavy atom. The molecule has 2 rings (SSSR count). The standard InChI is InChI=1S/C12H16FN5O3/c1-7(2)11(19)21-4-3-20-6-18-5-15-8-9(13)16-12(14)17-10(8)18/h5,7H,3-4,6H2,1-2H3,(H2,14,16,17). The Hall–Kier alpha value is -2.29. The highest BCUT2D eigenvalue weighted by molar-refractivity contribution is 5.71. The fourth-order valence-corrected chi connectivity index (χ4v) is 1.55. The summed E-state index contributed by atoms with van der Waals surface area (Å²) in [7, 11) is 0. The van der Waals surface area contributed by atoms with Crippen LogP contribution in [0.15, 0.2) is 6.33 Å². The van der Waals surface area contributed by atoms with E-state index in [1.54, 1.807) is 13.8 Å². The molecule has 2 heterocycles. The number of ether oxygens (including phenoxy) is 2. The molecule has 0 unspecified atom stereocenters. The molecule has 9 heteroatoms. The Kier molecular flexibility index (Phi) is 4.63. The maximum atomic E-state index is 13.5. The first-order chi connectivity index (χ1) is 9.99. The minimum atomic E-state index is -0.776. The van der Waals surface area contributed by atoms with E-state index in [0.29, 0.717) is 0 Å². The zero-order chi connectivity index (χ0) is 15.4. The van der Waals surface area contributed by atoms with Gasteiger partial charge in [-0.15, -0.1) is 0 Å². The van der Waals surface area contributed by atoms with Crippen LogP contribution in [-0.4, -0.2) is 38.7 Å². The van der Waals surface area contributed by atoms with Crippen LogP contribution in [0.3, 0.4) is 0 Å². The van der Waals surface area contributed by atoms with Crippen molar-refractivity contribution in [3.63, 3.8) is 0 Å². The molecule has 0 atom stereocenters. The normalized spacial score (nSPS) is 11.2. The number of aromatic nitrogens is 4. The Bertz CT molecular complexity index is 643. The average molecular weight is 297 g/mol. The van der Waals surface area contributed by atoms with Gasteiger partial charge >= 0.3 is 5.97 Å². The third-order valence-corrected chi connectivity index (χ3v) is 2.61. The van der Waals surface area contributed by atoms with Crippen molar-refractivity contribution in [3.05, 3.63) is 12.3 Å². The molecule has 0 spiro atoms. The molecular weight excluding hydrogens is 281 g/mol. The van der Waals surface area contributed by atoms with Crippen LogP contribution in [-0.2, 0) is 21.0 Å². The maximum Gasteiger partial charge on any atom is 0.308 e. The third-order valence-electron chi connectivity index (χ3n) is 2.61. The van der Waals surface area contributed by atoms with Gasteiger partial charge in [-0.3, -0.25) is 9.36 Å². The van der Waals surface area contributed by atoms with Crippen LogP contribution in [0.5, 0.6) is 0 Å². The summed E-state index contributed by atoms with van der Waals surface area (Å²) < 4.78 is 25.2. The first-order valence-electron chi connectivity index (χ1n) is 6.37. The van der Waals surface area contributed by atoms with Crippen LogP contribution in [0.4, 0.5) is 10.3 Å². The van der Waals surface area contributed by atoms with E-state index in [2.05, 4.69) is 15.0 Å². The minimum Gasteiger partial charge on any atom is -0.463 e. The molecule has 2 aromatic heterocycles. The number of halogens is 1. The topological polar surface area (TPSA) is 105 Å². The van der Waals surface area contributed by atoms with Crippen molar-refractivity contribution in [2.75, 3.05) is 18.9 Å². The van der Waals surface area contributed by atoms with Crippen molar-refractivity contribution < 1.29 is 18.7 Å². The lowest BCUT2D eigenvalue weighted by atomic mass is 10.2. The van der Waals surface area contributed by atoms with E-state index >= 15 is 0 Å². The largest absolute Gasteiger partial charge is 0.463 e. The number of carbonyl (C=O) groups excluding carboxylic acids is 1. The molecule has 0 aliphatic heterocycles. The SMILES string of the molecule is CC(C)C(=O)OCCOCn1cnc2c(F)nc(N)nc21. The number of anilines is 1. The summed E-state index contributed by atoms with van der Waals surface area (Å²) in [4.78, 5) is 22.4. The van der Waals surface area contributed by atoms with Crippen LogP contribution in [0.2, 0.25) is 0 Å². The molecule has 0 aromatic carbocycles. The smallest absolute Gasteiger partial charge is 0.308 e. The number of imidazole rings is 1. The van der Waals surface area contributed by atoms with Crippen molar-refractivity contribution in [1.82, 2.24) is 19.5 Å². The molecule has 0 bridgehead atoms. The van der Waals surface area contributed by atoms with Gasteiger partial charge in [-0.1, -0.05) is 13.8 Å². The zero-order valence-electron chi connectivity index (χ0n) is 11.7. The molecule has 2 N–H and O–H groups in total. The van der Waals surface area contributed by atoms with Gasteiger partial charge in [0, 0.05) is 0 Å². The predicted octanol–water partition coefficient (Wildman–Crippen LogP) is 0.721. The third kappa shape index (κ3) is 3.63. The van der Waals surface area contributed by atoms with E-state index in [1.807, 2.05) is 0 Å². The summed E-state index contributed by atoms with van der Waals surface area (Å²) in [5, 5.41) is 0. The van der Waals surface area contributed by atoms with E-state index in [1.165, 1.54) is 10.9 Å². The monoisotopic (exact) mass is 297 g/mol. The van der Waals surface area contributed by atoms with Gasteiger partial charge in [0.25, 0.3) is 0 Å². The quantitative estimate of drug-likeness (QED) is 0.476. The molecule has 2 aromatic rings. The number of nitrogen functional groups attached to an aromatic ring is 1. The number of fused-ring (bicyclic) bond motifs is 1. The molecule has 114 valence electrons. The fourth-order valence-electron chi connectivity index (χ4n) is 1.55. The van der Waals surface area contributed by atoms with Crippen molar-refractivity contribution in [1.29, 1.82) is 0 Å². The van der Waals surface area contributed by atoms with E-state index in [9.17, 15) is 9.18 Å². The summed E-state index contributed by atoms with van der Waals surface area (Å²) in [6.45, 7) is 3.95. The van der Waals surface area contributed by atoms with Crippen molar-refractivity contribution >= 4 is 23.1 Å². The molecule has 8 nitrogen and oxygen atoms in total. The summed E-state index contributed by atoms with van der Waals surface area (Å²) in [5.41, 5.74) is 5.67. The highest BCUT2D eigenvalue weighted by Crippen LogP contribution is 2.13. The zero-order valence-corrected chi connectivity index (χ0v) is 11.7. The van der Waals surface area contributed by atoms with Gasteiger partial charge in [-0.25, -0.2) is 4.98 Å². The summed E-state index contributed by atoms with van der Waals surface area (Å²) in [5.74, 6) is -1.41. The van der Waals surface area contributed by atoms with E-state index in [4.69, 9.17) is 15.2 Å². The molecular formula is C12H16FN5O3. The second-order valence-corrected chi connectivity index (χ2v) is 4.62. The Labute approximate surface area is 120 Å². The summed E-state index contributed by atoms with van der Waals surface area (Å²) in [6.07, 6.45) is 1.38. The second kappa shape index (κ2) is 6.44.